The molecule has 0 spiro atoms. The van der Waals surface area contributed by atoms with E-state index in [1.54, 1.807) is 17.0 Å². The number of amides is 2. The van der Waals surface area contributed by atoms with E-state index < -0.39 is 0 Å². The average Bonchev–Trinajstić information content (AvgIpc) is 3.00. The molecule has 1 aliphatic rings. The fraction of sp³-hybridized carbons (Fsp3) is 0.562. The van der Waals surface area contributed by atoms with Crippen molar-refractivity contribution in [3.63, 3.8) is 0 Å². The summed E-state index contributed by atoms with van der Waals surface area (Å²) >= 11 is 0. The minimum Gasteiger partial charge on any atom is -0.357 e. The number of hydrogen-bond acceptors (Lipinski definition) is 4. The van der Waals surface area contributed by atoms with Gasteiger partial charge in [-0.1, -0.05) is 6.92 Å². The minimum absolute atomic E-state index is 0.0135. The van der Waals surface area contributed by atoms with Crippen molar-refractivity contribution in [1.82, 2.24) is 14.7 Å². The van der Waals surface area contributed by atoms with E-state index in [-0.39, 0.29) is 18.0 Å². The minimum atomic E-state index is -0.295. The highest BCUT2D eigenvalue weighted by atomic mass is 16.5. The van der Waals surface area contributed by atoms with Crippen molar-refractivity contribution < 1.29 is 14.3 Å². The summed E-state index contributed by atoms with van der Waals surface area (Å²) in [5.41, 5.74) is 0.822. The Hall–Kier alpha value is -1.95. The molecule has 2 amide bonds. The second-order valence-electron chi connectivity index (χ2n) is 5.42. The zero-order chi connectivity index (χ0) is 15.9. The van der Waals surface area contributed by atoms with Gasteiger partial charge in [-0.15, -0.1) is 0 Å². The van der Waals surface area contributed by atoms with Crippen LogP contribution < -0.4 is 0 Å². The third-order valence-electron chi connectivity index (χ3n) is 3.58. The van der Waals surface area contributed by atoms with Crippen LogP contribution in [-0.2, 0) is 14.3 Å². The number of hydrogen-bond donors (Lipinski definition) is 0. The van der Waals surface area contributed by atoms with E-state index in [0.717, 1.165) is 37.9 Å². The predicted octanol–water partition coefficient (Wildman–Crippen LogP) is 2.38. The maximum atomic E-state index is 12.0. The van der Waals surface area contributed by atoms with Gasteiger partial charge in [0.15, 0.2) is 0 Å². The molecule has 1 unspecified atom stereocenters. The first kappa shape index (κ1) is 16.4. The standard InChI is InChI=1S/C16H23N3O3/c1-3-9-18(13(2)20)15(21)8-7-14-11-17-19(12-14)16-6-4-5-10-22-16/h7-8,11-12,16H,3-6,9-10H2,1-2H3/b8-7+. The molecule has 1 atom stereocenters. The van der Waals surface area contributed by atoms with Crippen LogP contribution in [0.5, 0.6) is 0 Å². The summed E-state index contributed by atoms with van der Waals surface area (Å²) in [4.78, 5) is 24.7. The van der Waals surface area contributed by atoms with E-state index in [0.29, 0.717) is 6.54 Å². The number of ether oxygens (including phenoxy) is 1. The van der Waals surface area contributed by atoms with Crippen LogP contribution in [0.1, 0.15) is 51.3 Å². The van der Waals surface area contributed by atoms with Gasteiger partial charge in [-0.25, -0.2) is 4.68 Å². The summed E-state index contributed by atoms with van der Waals surface area (Å²) in [6, 6.07) is 0. The maximum Gasteiger partial charge on any atom is 0.253 e. The Kier molecular flexibility index (Phi) is 5.89. The quantitative estimate of drug-likeness (QED) is 0.783. The van der Waals surface area contributed by atoms with Gasteiger partial charge in [-0.05, 0) is 31.8 Å². The Bertz CT molecular complexity index is 545. The molecule has 2 rings (SSSR count). The molecule has 1 fully saturated rings. The third-order valence-corrected chi connectivity index (χ3v) is 3.58. The van der Waals surface area contributed by atoms with Crippen molar-refractivity contribution in [3.8, 4) is 0 Å². The van der Waals surface area contributed by atoms with Gasteiger partial charge < -0.3 is 4.74 Å². The van der Waals surface area contributed by atoms with Crippen molar-refractivity contribution >= 4 is 17.9 Å². The van der Waals surface area contributed by atoms with Crippen molar-refractivity contribution in [1.29, 1.82) is 0 Å². The van der Waals surface area contributed by atoms with Gasteiger partial charge in [-0.2, -0.15) is 5.10 Å². The fourth-order valence-corrected chi connectivity index (χ4v) is 2.43. The van der Waals surface area contributed by atoms with Crippen LogP contribution in [0.2, 0.25) is 0 Å². The average molecular weight is 305 g/mol. The van der Waals surface area contributed by atoms with Crippen molar-refractivity contribution in [2.24, 2.45) is 0 Å². The maximum absolute atomic E-state index is 12.0. The highest BCUT2D eigenvalue weighted by Gasteiger charge is 2.16. The Labute approximate surface area is 130 Å². The Morgan fingerprint density at radius 3 is 2.95 bits per heavy atom. The first-order valence-corrected chi connectivity index (χ1v) is 7.77. The molecule has 6 nitrogen and oxygen atoms in total. The van der Waals surface area contributed by atoms with E-state index >= 15 is 0 Å². The molecule has 2 heterocycles. The number of imide groups is 1. The van der Waals surface area contributed by atoms with Crippen LogP contribution in [0.3, 0.4) is 0 Å². The highest BCUT2D eigenvalue weighted by molar-refractivity contribution is 6.02. The Morgan fingerprint density at radius 2 is 2.32 bits per heavy atom. The van der Waals surface area contributed by atoms with Gasteiger partial charge in [0.1, 0.15) is 6.23 Å². The first-order chi connectivity index (χ1) is 10.6. The molecule has 0 aliphatic carbocycles. The van der Waals surface area contributed by atoms with E-state index in [4.69, 9.17) is 4.74 Å². The largest absolute Gasteiger partial charge is 0.357 e. The summed E-state index contributed by atoms with van der Waals surface area (Å²) < 4.78 is 7.45. The molecule has 22 heavy (non-hydrogen) atoms. The molecule has 1 saturated heterocycles. The van der Waals surface area contributed by atoms with Crippen LogP contribution in [0.25, 0.3) is 6.08 Å². The molecule has 0 radical (unpaired) electrons. The van der Waals surface area contributed by atoms with Crippen LogP contribution in [0, 0.1) is 0 Å². The lowest BCUT2D eigenvalue weighted by Crippen LogP contribution is -2.34. The van der Waals surface area contributed by atoms with Crippen molar-refractivity contribution in [3.05, 3.63) is 24.0 Å². The van der Waals surface area contributed by atoms with E-state index in [1.165, 1.54) is 17.9 Å². The number of nitrogens with zero attached hydrogens (tertiary/aromatic N) is 3. The zero-order valence-corrected chi connectivity index (χ0v) is 13.2. The van der Waals surface area contributed by atoms with E-state index in [9.17, 15) is 9.59 Å². The van der Waals surface area contributed by atoms with Crippen LogP contribution in [0.4, 0.5) is 0 Å². The summed E-state index contributed by atoms with van der Waals surface area (Å²) in [5.74, 6) is -0.529. The molecule has 0 aromatic carbocycles. The molecule has 1 aromatic heterocycles. The van der Waals surface area contributed by atoms with Gasteiger partial charge in [0.2, 0.25) is 5.91 Å². The molecule has 1 aromatic rings. The molecular formula is C16H23N3O3. The fourth-order valence-electron chi connectivity index (χ4n) is 2.43. The number of carbonyl (C=O) groups is 2. The van der Waals surface area contributed by atoms with Crippen molar-refractivity contribution in [2.75, 3.05) is 13.2 Å². The molecule has 6 heteroatoms. The van der Waals surface area contributed by atoms with Crippen molar-refractivity contribution in [2.45, 2.75) is 45.8 Å². The summed E-state index contributed by atoms with van der Waals surface area (Å²) in [6.45, 7) is 4.54. The number of carbonyl (C=O) groups excluding carboxylic acids is 2. The first-order valence-electron chi connectivity index (χ1n) is 7.77. The molecular weight excluding hydrogens is 282 g/mol. The molecule has 0 N–H and O–H groups in total. The van der Waals surface area contributed by atoms with Crippen LogP contribution >= 0.6 is 0 Å². The SMILES string of the molecule is CCCN(C(C)=O)C(=O)/C=C/c1cnn(C2CCCCO2)c1. The topological polar surface area (TPSA) is 64.4 Å². The molecule has 1 aliphatic heterocycles. The second-order valence-corrected chi connectivity index (χ2v) is 5.42. The van der Waals surface area contributed by atoms with Gasteiger partial charge in [0, 0.05) is 37.9 Å². The molecule has 120 valence electrons. The van der Waals surface area contributed by atoms with Gasteiger partial charge in [-0.3, -0.25) is 14.5 Å². The lowest BCUT2D eigenvalue weighted by atomic mass is 10.2. The Morgan fingerprint density at radius 1 is 1.50 bits per heavy atom. The predicted molar refractivity (Wildman–Crippen MR) is 82.8 cm³/mol. The zero-order valence-electron chi connectivity index (χ0n) is 13.2. The van der Waals surface area contributed by atoms with E-state index in [1.807, 2.05) is 13.1 Å². The lowest BCUT2D eigenvalue weighted by Gasteiger charge is -2.22. The summed E-state index contributed by atoms with van der Waals surface area (Å²) in [5, 5.41) is 4.28. The smallest absolute Gasteiger partial charge is 0.253 e. The highest BCUT2D eigenvalue weighted by Crippen LogP contribution is 2.22. The monoisotopic (exact) mass is 305 g/mol. The van der Waals surface area contributed by atoms with Gasteiger partial charge in [0.05, 0.1) is 6.20 Å². The lowest BCUT2D eigenvalue weighted by molar-refractivity contribution is -0.140. The number of aromatic nitrogens is 2. The Balaban J connectivity index is 1.99. The second kappa shape index (κ2) is 7.89. The van der Waals surface area contributed by atoms with Gasteiger partial charge >= 0.3 is 0 Å². The summed E-state index contributed by atoms with van der Waals surface area (Å²) in [7, 11) is 0. The summed E-state index contributed by atoms with van der Waals surface area (Å²) in [6.07, 6.45) is 10.6. The van der Waals surface area contributed by atoms with Crippen LogP contribution in [-0.4, -0.2) is 39.6 Å². The van der Waals surface area contributed by atoms with Crippen LogP contribution in [0.15, 0.2) is 18.5 Å². The molecule has 0 bridgehead atoms. The third kappa shape index (κ3) is 4.27. The van der Waals surface area contributed by atoms with E-state index in [2.05, 4.69) is 5.10 Å². The number of rotatable bonds is 5. The molecule has 0 saturated carbocycles. The normalized spacial score (nSPS) is 18.5. The van der Waals surface area contributed by atoms with Gasteiger partial charge in [0.25, 0.3) is 5.91 Å².